The third-order valence-electron chi connectivity index (χ3n) is 5.51. The summed E-state index contributed by atoms with van der Waals surface area (Å²) in [6.07, 6.45) is 6.07. The number of nitrogens with zero attached hydrogens (tertiary/aromatic N) is 6. The summed E-state index contributed by atoms with van der Waals surface area (Å²) in [6.45, 7) is 7.34. The second kappa shape index (κ2) is 8.08. The SMILES string of the molecule is Cc1cccnc1N1CCCC(N(C)c2ccnc(N3CCOCC3)n2)C1. The zero-order valence-electron chi connectivity index (χ0n) is 16.2. The van der Waals surface area contributed by atoms with Gasteiger partial charge >= 0.3 is 0 Å². The van der Waals surface area contributed by atoms with Crippen molar-refractivity contribution in [1.82, 2.24) is 15.0 Å². The Kier molecular flexibility index (Phi) is 5.38. The Hall–Kier alpha value is -2.41. The lowest BCUT2D eigenvalue weighted by Gasteiger charge is -2.39. The van der Waals surface area contributed by atoms with Crippen LogP contribution in [0, 0.1) is 6.92 Å². The average molecular weight is 368 g/mol. The summed E-state index contributed by atoms with van der Waals surface area (Å²) in [5.74, 6) is 2.89. The van der Waals surface area contributed by atoms with E-state index in [-0.39, 0.29) is 0 Å². The molecule has 2 saturated heterocycles. The van der Waals surface area contributed by atoms with Crippen molar-refractivity contribution in [2.75, 3.05) is 61.1 Å². The highest BCUT2D eigenvalue weighted by molar-refractivity contribution is 5.49. The van der Waals surface area contributed by atoms with Crippen LogP contribution in [0.5, 0.6) is 0 Å². The van der Waals surface area contributed by atoms with E-state index < -0.39 is 0 Å². The highest BCUT2D eigenvalue weighted by atomic mass is 16.5. The molecule has 4 heterocycles. The van der Waals surface area contributed by atoms with Crippen molar-refractivity contribution in [3.63, 3.8) is 0 Å². The van der Waals surface area contributed by atoms with Crippen molar-refractivity contribution >= 4 is 17.6 Å². The van der Waals surface area contributed by atoms with Crippen LogP contribution in [-0.2, 0) is 4.74 Å². The fourth-order valence-corrected chi connectivity index (χ4v) is 3.91. The van der Waals surface area contributed by atoms with Crippen LogP contribution in [-0.4, -0.2) is 67.4 Å². The first-order chi connectivity index (χ1) is 13.2. The number of morpholine rings is 1. The molecule has 7 heteroatoms. The van der Waals surface area contributed by atoms with Gasteiger partial charge in [0, 0.05) is 51.7 Å². The molecule has 1 atom stereocenters. The summed E-state index contributed by atoms with van der Waals surface area (Å²) in [5.41, 5.74) is 1.23. The van der Waals surface area contributed by atoms with E-state index >= 15 is 0 Å². The van der Waals surface area contributed by atoms with Gasteiger partial charge in [0.2, 0.25) is 5.95 Å². The fraction of sp³-hybridized carbons (Fsp3) is 0.550. The summed E-state index contributed by atoms with van der Waals surface area (Å²) in [5, 5.41) is 0. The molecule has 0 aliphatic carbocycles. The molecule has 0 radical (unpaired) electrons. The predicted molar refractivity (Wildman–Crippen MR) is 108 cm³/mol. The lowest BCUT2D eigenvalue weighted by molar-refractivity contribution is 0.122. The molecule has 0 saturated carbocycles. The third-order valence-corrected chi connectivity index (χ3v) is 5.51. The van der Waals surface area contributed by atoms with Gasteiger partial charge < -0.3 is 19.4 Å². The Bertz CT molecular complexity index is 764. The maximum atomic E-state index is 5.44. The average Bonchev–Trinajstić information content (AvgIpc) is 2.74. The number of anilines is 3. The number of aromatic nitrogens is 3. The minimum atomic E-state index is 0.410. The van der Waals surface area contributed by atoms with Gasteiger partial charge in [-0.05, 0) is 37.5 Å². The standard InChI is InChI=1S/C20H28N6O/c1-16-5-3-8-21-19(16)26-10-4-6-17(15-26)24(2)18-7-9-22-20(23-18)25-11-13-27-14-12-25/h3,5,7-9,17H,4,6,10-15H2,1-2H3. The summed E-state index contributed by atoms with van der Waals surface area (Å²) in [6, 6.07) is 6.55. The predicted octanol–water partition coefficient (Wildman–Crippen LogP) is 2.12. The van der Waals surface area contributed by atoms with Gasteiger partial charge in [0.25, 0.3) is 0 Å². The maximum absolute atomic E-state index is 5.44. The number of ether oxygens (including phenoxy) is 1. The Morgan fingerprint density at radius 3 is 2.74 bits per heavy atom. The van der Waals surface area contributed by atoms with Gasteiger partial charge in [0.05, 0.1) is 13.2 Å². The van der Waals surface area contributed by atoms with Gasteiger partial charge in [-0.3, -0.25) is 0 Å². The molecule has 2 aromatic rings. The normalized spacial score (nSPS) is 20.6. The third kappa shape index (κ3) is 3.98. The van der Waals surface area contributed by atoms with Gasteiger partial charge in [-0.1, -0.05) is 6.07 Å². The zero-order chi connectivity index (χ0) is 18.6. The lowest BCUT2D eigenvalue weighted by atomic mass is 10.0. The van der Waals surface area contributed by atoms with Crippen molar-refractivity contribution in [3.8, 4) is 0 Å². The topological polar surface area (TPSA) is 57.6 Å². The molecule has 1 unspecified atom stereocenters. The molecule has 27 heavy (non-hydrogen) atoms. The molecule has 2 fully saturated rings. The summed E-state index contributed by atoms with van der Waals surface area (Å²) < 4.78 is 5.44. The van der Waals surface area contributed by atoms with Gasteiger partial charge in [-0.15, -0.1) is 0 Å². The highest BCUT2D eigenvalue weighted by Crippen LogP contribution is 2.25. The second-order valence-corrected chi connectivity index (χ2v) is 7.31. The number of rotatable bonds is 4. The first-order valence-electron chi connectivity index (χ1n) is 9.77. The largest absolute Gasteiger partial charge is 0.378 e. The number of likely N-dealkylation sites (N-methyl/N-ethyl adjacent to an activating group) is 1. The summed E-state index contributed by atoms with van der Waals surface area (Å²) in [4.78, 5) is 20.8. The molecular formula is C20H28N6O. The van der Waals surface area contributed by atoms with Gasteiger partial charge in [-0.2, -0.15) is 4.98 Å². The van der Waals surface area contributed by atoms with Crippen molar-refractivity contribution in [1.29, 1.82) is 0 Å². The number of hydrogen-bond donors (Lipinski definition) is 0. The van der Waals surface area contributed by atoms with E-state index in [1.165, 1.54) is 5.56 Å². The maximum Gasteiger partial charge on any atom is 0.227 e. The minimum absolute atomic E-state index is 0.410. The Balaban J connectivity index is 1.49. The smallest absolute Gasteiger partial charge is 0.227 e. The fourth-order valence-electron chi connectivity index (χ4n) is 3.91. The van der Waals surface area contributed by atoms with Crippen molar-refractivity contribution in [3.05, 3.63) is 36.2 Å². The van der Waals surface area contributed by atoms with Crippen molar-refractivity contribution < 1.29 is 4.74 Å². The van der Waals surface area contributed by atoms with E-state index in [9.17, 15) is 0 Å². The van der Waals surface area contributed by atoms with Crippen LogP contribution < -0.4 is 14.7 Å². The van der Waals surface area contributed by atoms with Gasteiger partial charge in [0.1, 0.15) is 11.6 Å². The molecule has 2 aliphatic heterocycles. The molecule has 0 spiro atoms. The van der Waals surface area contributed by atoms with E-state index in [1.54, 1.807) is 0 Å². The Morgan fingerprint density at radius 2 is 1.93 bits per heavy atom. The van der Waals surface area contributed by atoms with E-state index in [2.05, 4.69) is 44.7 Å². The molecule has 2 aliphatic rings. The zero-order valence-corrected chi connectivity index (χ0v) is 16.2. The molecule has 0 amide bonds. The minimum Gasteiger partial charge on any atom is -0.378 e. The molecule has 0 aromatic carbocycles. The van der Waals surface area contributed by atoms with Gasteiger partial charge in [0.15, 0.2) is 0 Å². The van der Waals surface area contributed by atoms with Crippen LogP contribution in [0.15, 0.2) is 30.6 Å². The molecule has 0 N–H and O–H groups in total. The molecule has 7 nitrogen and oxygen atoms in total. The monoisotopic (exact) mass is 368 g/mol. The van der Waals surface area contributed by atoms with Crippen LogP contribution in [0.4, 0.5) is 17.6 Å². The second-order valence-electron chi connectivity index (χ2n) is 7.31. The van der Waals surface area contributed by atoms with Gasteiger partial charge in [-0.25, -0.2) is 9.97 Å². The number of piperidine rings is 1. The van der Waals surface area contributed by atoms with E-state index in [0.29, 0.717) is 6.04 Å². The first kappa shape index (κ1) is 18.0. The van der Waals surface area contributed by atoms with E-state index in [4.69, 9.17) is 9.72 Å². The summed E-state index contributed by atoms with van der Waals surface area (Å²) >= 11 is 0. The van der Waals surface area contributed by atoms with Crippen LogP contribution in [0.1, 0.15) is 18.4 Å². The van der Waals surface area contributed by atoms with Crippen molar-refractivity contribution in [2.45, 2.75) is 25.8 Å². The number of aryl methyl sites for hydroxylation is 1. The highest BCUT2D eigenvalue weighted by Gasteiger charge is 2.26. The molecule has 144 valence electrons. The number of pyridine rings is 1. The summed E-state index contributed by atoms with van der Waals surface area (Å²) in [7, 11) is 2.14. The first-order valence-corrected chi connectivity index (χ1v) is 9.77. The van der Waals surface area contributed by atoms with Crippen molar-refractivity contribution in [2.24, 2.45) is 0 Å². The Morgan fingerprint density at radius 1 is 1.07 bits per heavy atom. The molecule has 0 bridgehead atoms. The van der Waals surface area contributed by atoms with Crippen LogP contribution in [0.2, 0.25) is 0 Å². The molecule has 2 aromatic heterocycles. The Labute approximate surface area is 161 Å². The van der Waals surface area contributed by atoms with E-state index in [1.807, 2.05) is 24.5 Å². The molecular weight excluding hydrogens is 340 g/mol. The van der Waals surface area contributed by atoms with Crippen LogP contribution in [0.3, 0.4) is 0 Å². The quantitative estimate of drug-likeness (QED) is 0.819. The van der Waals surface area contributed by atoms with Crippen LogP contribution >= 0.6 is 0 Å². The van der Waals surface area contributed by atoms with E-state index in [0.717, 1.165) is 69.8 Å². The molecule has 4 rings (SSSR count). The number of hydrogen-bond acceptors (Lipinski definition) is 7. The van der Waals surface area contributed by atoms with Crippen LogP contribution in [0.25, 0.3) is 0 Å². The lowest BCUT2D eigenvalue weighted by Crippen LogP contribution is -2.47.